The zero-order chi connectivity index (χ0) is 9.10. The average Bonchev–Trinajstić information content (AvgIpc) is 2.71. The maximum atomic E-state index is 4.00. The Morgan fingerprint density at radius 2 is 2.00 bits per heavy atom. The second kappa shape index (κ2) is 3.89. The van der Waals surface area contributed by atoms with E-state index in [0.29, 0.717) is 0 Å². The summed E-state index contributed by atoms with van der Waals surface area (Å²) in [5.41, 5.74) is 2.09. The van der Waals surface area contributed by atoms with Crippen LogP contribution in [-0.4, -0.2) is 15.8 Å². The third-order valence-electron chi connectivity index (χ3n) is 1.75. The molecule has 1 heterocycles. The number of thioether (sulfide) groups is 1. The van der Waals surface area contributed by atoms with Gasteiger partial charge in [-0.1, -0.05) is 16.6 Å². The molecular formula is C9H8N2S2. The fourth-order valence-electron chi connectivity index (χ4n) is 1.05. The van der Waals surface area contributed by atoms with Crippen LogP contribution < -0.4 is 0 Å². The maximum Gasteiger partial charge on any atom is 0.105 e. The van der Waals surface area contributed by atoms with Crippen LogP contribution in [0.5, 0.6) is 0 Å². The zero-order valence-corrected chi connectivity index (χ0v) is 8.73. The lowest BCUT2D eigenvalue weighted by Crippen LogP contribution is -1.77. The van der Waals surface area contributed by atoms with Crippen LogP contribution >= 0.6 is 23.3 Å². The van der Waals surface area contributed by atoms with Crippen molar-refractivity contribution in [2.45, 2.75) is 4.90 Å². The second-order valence-electron chi connectivity index (χ2n) is 2.52. The molecule has 0 radical (unpaired) electrons. The van der Waals surface area contributed by atoms with Gasteiger partial charge in [-0.3, -0.25) is 0 Å². The Labute approximate surface area is 85.2 Å². The zero-order valence-electron chi connectivity index (χ0n) is 7.10. The fraction of sp³-hybridized carbons (Fsp3) is 0.111. The number of nitrogens with zero attached hydrogens (tertiary/aromatic N) is 2. The van der Waals surface area contributed by atoms with Crippen molar-refractivity contribution >= 4 is 23.3 Å². The van der Waals surface area contributed by atoms with Gasteiger partial charge < -0.3 is 0 Å². The molecule has 1 aromatic heterocycles. The molecular weight excluding hydrogens is 200 g/mol. The Morgan fingerprint density at radius 1 is 1.23 bits per heavy atom. The van der Waals surface area contributed by atoms with Crippen molar-refractivity contribution in [3.63, 3.8) is 0 Å². The molecule has 0 aliphatic rings. The molecule has 0 unspecified atom stereocenters. The Hall–Kier alpha value is -0.870. The van der Waals surface area contributed by atoms with E-state index >= 15 is 0 Å². The summed E-state index contributed by atoms with van der Waals surface area (Å²) >= 11 is 3.12. The maximum absolute atomic E-state index is 4.00. The molecule has 0 aliphatic heterocycles. The summed E-state index contributed by atoms with van der Waals surface area (Å²) in [4.78, 5) is 1.27. The van der Waals surface area contributed by atoms with Crippen molar-refractivity contribution in [1.29, 1.82) is 0 Å². The molecule has 0 N–H and O–H groups in total. The van der Waals surface area contributed by atoms with Crippen LogP contribution in [-0.2, 0) is 0 Å². The van der Waals surface area contributed by atoms with E-state index in [2.05, 4.69) is 40.1 Å². The highest BCUT2D eigenvalue weighted by atomic mass is 32.2. The van der Waals surface area contributed by atoms with Gasteiger partial charge in [-0.25, -0.2) is 0 Å². The molecule has 2 rings (SSSR count). The van der Waals surface area contributed by atoms with E-state index in [1.165, 1.54) is 16.4 Å². The summed E-state index contributed by atoms with van der Waals surface area (Å²) in [5.74, 6) is 0. The third kappa shape index (κ3) is 1.89. The van der Waals surface area contributed by atoms with Crippen molar-refractivity contribution in [1.82, 2.24) is 9.59 Å². The van der Waals surface area contributed by atoms with E-state index in [-0.39, 0.29) is 0 Å². The molecule has 0 saturated heterocycles. The second-order valence-corrected chi connectivity index (χ2v) is 4.01. The fourth-order valence-corrected chi connectivity index (χ4v) is 1.93. The Morgan fingerprint density at radius 3 is 2.54 bits per heavy atom. The van der Waals surface area contributed by atoms with Crippen LogP contribution in [0.25, 0.3) is 11.3 Å². The van der Waals surface area contributed by atoms with Crippen molar-refractivity contribution in [3.8, 4) is 11.3 Å². The number of hydrogen-bond acceptors (Lipinski definition) is 4. The van der Waals surface area contributed by atoms with Gasteiger partial charge in [0.1, 0.15) is 5.69 Å². The van der Waals surface area contributed by atoms with Crippen molar-refractivity contribution in [2.24, 2.45) is 0 Å². The molecule has 0 bridgehead atoms. The predicted octanol–water partition coefficient (Wildman–Crippen LogP) is 2.93. The van der Waals surface area contributed by atoms with E-state index in [0.717, 1.165) is 11.3 Å². The number of aromatic nitrogens is 2. The molecule has 0 fully saturated rings. The molecule has 1 aromatic carbocycles. The SMILES string of the molecule is CSc1ccc(-c2csnn2)cc1. The standard InChI is InChI=1S/C9H8N2S2/c1-12-8-4-2-7(3-5-8)9-6-13-11-10-9/h2-6H,1H3. The van der Waals surface area contributed by atoms with E-state index in [1.54, 1.807) is 11.8 Å². The van der Waals surface area contributed by atoms with Gasteiger partial charge in [0.2, 0.25) is 0 Å². The monoisotopic (exact) mass is 208 g/mol. The molecule has 66 valence electrons. The molecule has 0 saturated carbocycles. The van der Waals surface area contributed by atoms with Crippen LogP contribution in [0.3, 0.4) is 0 Å². The minimum atomic E-state index is 0.956. The molecule has 2 nitrogen and oxygen atoms in total. The van der Waals surface area contributed by atoms with Gasteiger partial charge in [-0.05, 0) is 29.9 Å². The lowest BCUT2D eigenvalue weighted by molar-refractivity contribution is 1.16. The molecule has 0 spiro atoms. The summed E-state index contributed by atoms with van der Waals surface area (Å²) in [7, 11) is 0. The highest BCUT2D eigenvalue weighted by molar-refractivity contribution is 7.98. The third-order valence-corrected chi connectivity index (χ3v) is 2.99. The summed E-state index contributed by atoms with van der Waals surface area (Å²) in [6.45, 7) is 0. The van der Waals surface area contributed by atoms with Crippen LogP contribution in [0.4, 0.5) is 0 Å². The highest BCUT2D eigenvalue weighted by Gasteiger charge is 1.99. The molecule has 13 heavy (non-hydrogen) atoms. The summed E-state index contributed by atoms with van der Waals surface area (Å²) < 4.78 is 3.83. The Kier molecular flexibility index (Phi) is 2.61. The first-order valence-corrected chi connectivity index (χ1v) is 5.88. The summed E-state index contributed by atoms with van der Waals surface area (Å²) in [6, 6.07) is 8.34. The first kappa shape index (κ1) is 8.72. The Bertz CT molecular complexity index is 367. The van der Waals surface area contributed by atoms with E-state index in [1.807, 2.05) is 5.38 Å². The summed E-state index contributed by atoms with van der Waals surface area (Å²) in [5, 5.41) is 5.96. The van der Waals surface area contributed by atoms with Crippen LogP contribution in [0.1, 0.15) is 0 Å². The van der Waals surface area contributed by atoms with E-state index < -0.39 is 0 Å². The average molecular weight is 208 g/mol. The van der Waals surface area contributed by atoms with Gasteiger partial charge in [-0.2, -0.15) is 0 Å². The van der Waals surface area contributed by atoms with Gasteiger partial charge in [0.25, 0.3) is 0 Å². The predicted molar refractivity (Wildman–Crippen MR) is 57.1 cm³/mol. The van der Waals surface area contributed by atoms with Gasteiger partial charge >= 0.3 is 0 Å². The molecule has 0 atom stereocenters. The van der Waals surface area contributed by atoms with Gasteiger partial charge in [-0.15, -0.1) is 16.9 Å². The highest BCUT2D eigenvalue weighted by Crippen LogP contribution is 2.21. The largest absolute Gasteiger partial charge is 0.138 e. The van der Waals surface area contributed by atoms with Crippen LogP contribution in [0.15, 0.2) is 34.5 Å². The van der Waals surface area contributed by atoms with E-state index in [4.69, 9.17) is 0 Å². The van der Waals surface area contributed by atoms with Crippen molar-refractivity contribution < 1.29 is 0 Å². The van der Waals surface area contributed by atoms with Gasteiger partial charge in [0.15, 0.2) is 0 Å². The van der Waals surface area contributed by atoms with Crippen molar-refractivity contribution in [3.05, 3.63) is 29.6 Å². The minimum absolute atomic E-state index is 0.956. The molecule has 2 aromatic rings. The quantitative estimate of drug-likeness (QED) is 0.710. The topological polar surface area (TPSA) is 25.8 Å². The normalized spacial score (nSPS) is 10.2. The minimum Gasteiger partial charge on any atom is -0.138 e. The van der Waals surface area contributed by atoms with Crippen LogP contribution in [0.2, 0.25) is 0 Å². The molecule has 0 aliphatic carbocycles. The van der Waals surface area contributed by atoms with E-state index in [9.17, 15) is 0 Å². The Balaban J connectivity index is 2.33. The smallest absolute Gasteiger partial charge is 0.105 e. The van der Waals surface area contributed by atoms with Crippen LogP contribution in [0, 0.1) is 0 Å². The van der Waals surface area contributed by atoms with Crippen molar-refractivity contribution in [2.75, 3.05) is 6.26 Å². The summed E-state index contributed by atoms with van der Waals surface area (Å²) in [6.07, 6.45) is 2.07. The van der Waals surface area contributed by atoms with Gasteiger partial charge in [0, 0.05) is 15.8 Å². The number of hydrogen-bond donors (Lipinski definition) is 0. The lowest BCUT2D eigenvalue weighted by atomic mass is 10.2. The van der Waals surface area contributed by atoms with Gasteiger partial charge in [0.05, 0.1) is 0 Å². The molecule has 0 amide bonds. The lowest BCUT2D eigenvalue weighted by Gasteiger charge is -1.97. The number of benzene rings is 1. The number of rotatable bonds is 2. The molecule has 4 heteroatoms. The first-order valence-electron chi connectivity index (χ1n) is 3.81. The first-order chi connectivity index (χ1) is 6.40.